The van der Waals surface area contributed by atoms with E-state index in [4.69, 9.17) is 5.26 Å². The van der Waals surface area contributed by atoms with E-state index < -0.39 is 9.85 Å². The summed E-state index contributed by atoms with van der Waals surface area (Å²) >= 11 is 0. The summed E-state index contributed by atoms with van der Waals surface area (Å²) in [5.41, 5.74) is 0.433. The summed E-state index contributed by atoms with van der Waals surface area (Å²) in [4.78, 5) is 28.7. The first-order valence-corrected chi connectivity index (χ1v) is 7.79. The van der Waals surface area contributed by atoms with E-state index in [1.54, 1.807) is 24.3 Å². The number of nitro groups is 2. The largest absolute Gasteiger partial charge is 0.368 e. The molecule has 0 radical (unpaired) electrons. The first-order valence-electron chi connectivity index (χ1n) is 7.79. The minimum Gasteiger partial charge on any atom is -0.368 e. The van der Waals surface area contributed by atoms with Gasteiger partial charge in [0.1, 0.15) is 11.9 Å². The molecule has 0 atom stereocenters. The van der Waals surface area contributed by atoms with Crippen LogP contribution in [0, 0.1) is 31.6 Å². The third kappa shape index (κ3) is 3.36. The molecule has 0 unspecified atom stereocenters. The van der Waals surface area contributed by atoms with E-state index in [0.29, 0.717) is 32.0 Å². The van der Waals surface area contributed by atoms with Crippen molar-refractivity contribution in [3.63, 3.8) is 0 Å². The molecule has 0 aliphatic carbocycles. The lowest BCUT2D eigenvalue weighted by molar-refractivity contribution is -0.385. The van der Waals surface area contributed by atoms with Gasteiger partial charge >= 0.3 is 5.69 Å². The maximum absolute atomic E-state index is 10.9. The van der Waals surface area contributed by atoms with Gasteiger partial charge in [-0.3, -0.25) is 20.2 Å². The van der Waals surface area contributed by atoms with Gasteiger partial charge in [-0.05, 0) is 18.2 Å². The molecule has 10 nitrogen and oxygen atoms in total. The molecule has 0 spiro atoms. The molecule has 0 N–H and O–H groups in total. The number of rotatable bonds is 4. The number of piperazine rings is 1. The van der Waals surface area contributed by atoms with Crippen LogP contribution in [-0.4, -0.2) is 41.0 Å². The molecule has 2 aromatic rings. The summed E-state index contributed by atoms with van der Waals surface area (Å²) < 4.78 is 0. The molecule has 0 bridgehead atoms. The molecule has 1 fully saturated rings. The Morgan fingerprint density at radius 3 is 2.08 bits per heavy atom. The van der Waals surface area contributed by atoms with Crippen molar-refractivity contribution in [1.29, 1.82) is 5.26 Å². The van der Waals surface area contributed by atoms with Crippen LogP contribution in [-0.2, 0) is 0 Å². The fourth-order valence-corrected chi connectivity index (χ4v) is 2.83. The molecule has 26 heavy (non-hydrogen) atoms. The smallest absolute Gasteiger partial charge is 0.305 e. The molecule has 1 aliphatic rings. The third-order valence-corrected chi connectivity index (χ3v) is 4.19. The van der Waals surface area contributed by atoms with Gasteiger partial charge in [0, 0.05) is 50.1 Å². The Labute approximate surface area is 148 Å². The zero-order valence-corrected chi connectivity index (χ0v) is 13.6. The minimum absolute atomic E-state index is 0.0477. The number of anilines is 2. The number of hydrogen-bond acceptors (Lipinski definition) is 8. The van der Waals surface area contributed by atoms with Crippen LogP contribution in [0.4, 0.5) is 22.9 Å². The monoisotopic (exact) mass is 354 g/mol. The van der Waals surface area contributed by atoms with Crippen LogP contribution in [0.2, 0.25) is 0 Å². The lowest BCUT2D eigenvalue weighted by atomic mass is 10.2. The highest BCUT2D eigenvalue weighted by molar-refractivity contribution is 5.55. The number of nitro benzene ring substituents is 1. The van der Waals surface area contributed by atoms with E-state index >= 15 is 0 Å². The van der Waals surface area contributed by atoms with Gasteiger partial charge in [0.2, 0.25) is 5.69 Å². The Balaban J connectivity index is 1.69. The van der Waals surface area contributed by atoms with Crippen molar-refractivity contribution >= 4 is 22.9 Å². The second-order valence-corrected chi connectivity index (χ2v) is 5.65. The fraction of sp³-hybridized carbons (Fsp3) is 0.250. The SMILES string of the molecule is N#Cc1nc(N2CCN(c3ccc([N+](=O)[O-])cc3)CC2)ccc1[N+](=O)[O-]. The predicted octanol–water partition coefficient (Wildman–Crippen LogP) is 2.10. The molecular weight excluding hydrogens is 340 g/mol. The summed E-state index contributed by atoms with van der Waals surface area (Å²) in [6.45, 7) is 2.57. The minimum atomic E-state index is -0.623. The zero-order valence-electron chi connectivity index (χ0n) is 13.6. The Hall–Kier alpha value is -3.74. The quantitative estimate of drug-likeness (QED) is 0.603. The summed E-state index contributed by atoms with van der Waals surface area (Å²) in [7, 11) is 0. The number of benzene rings is 1. The lowest BCUT2D eigenvalue weighted by Gasteiger charge is -2.36. The standard InChI is InChI=1S/C16H14N6O4/c17-11-14-15(22(25)26)5-6-16(18-14)20-9-7-19(8-10-20)12-1-3-13(4-2-12)21(23)24/h1-6H,7-10H2. The van der Waals surface area contributed by atoms with E-state index in [9.17, 15) is 20.2 Å². The van der Waals surface area contributed by atoms with E-state index in [-0.39, 0.29) is 17.1 Å². The fourth-order valence-electron chi connectivity index (χ4n) is 2.83. The molecule has 3 rings (SSSR count). The molecule has 132 valence electrons. The van der Waals surface area contributed by atoms with E-state index in [1.165, 1.54) is 18.2 Å². The predicted molar refractivity (Wildman–Crippen MR) is 93.1 cm³/mol. The van der Waals surface area contributed by atoms with Gasteiger partial charge in [-0.1, -0.05) is 0 Å². The number of non-ortho nitro benzene ring substituents is 1. The summed E-state index contributed by atoms with van der Waals surface area (Å²) in [6.07, 6.45) is 0. The number of nitriles is 1. The van der Waals surface area contributed by atoms with Crippen LogP contribution in [0.25, 0.3) is 0 Å². The van der Waals surface area contributed by atoms with Crippen molar-refractivity contribution in [1.82, 2.24) is 4.98 Å². The number of hydrogen-bond donors (Lipinski definition) is 0. The molecule has 10 heteroatoms. The van der Waals surface area contributed by atoms with E-state index in [0.717, 1.165) is 5.69 Å². The second-order valence-electron chi connectivity index (χ2n) is 5.65. The van der Waals surface area contributed by atoms with Crippen molar-refractivity contribution in [2.24, 2.45) is 0 Å². The Morgan fingerprint density at radius 2 is 1.54 bits per heavy atom. The molecular formula is C16H14N6O4. The highest BCUT2D eigenvalue weighted by atomic mass is 16.6. The van der Waals surface area contributed by atoms with Crippen molar-refractivity contribution < 1.29 is 9.85 Å². The summed E-state index contributed by atoms with van der Waals surface area (Å²) in [6, 6.07) is 11.0. The van der Waals surface area contributed by atoms with E-state index in [2.05, 4.69) is 9.88 Å². The van der Waals surface area contributed by atoms with Gasteiger partial charge in [-0.2, -0.15) is 5.26 Å². The van der Waals surface area contributed by atoms with Crippen molar-refractivity contribution in [2.75, 3.05) is 36.0 Å². The molecule has 1 aliphatic heterocycles. The van der Waals surface area contributed by atoms with Gasteiger partial charge in [0.15, 0.2) is 0 Å². The Bertz CT molecular complexity index is 885. The van der Waals surface area contributed by atoms with Crippen molar-refractivity contribution in [2.45, 2.75) is 0 Å². The van der Waals surface area contributed by atoms with Crippen LogP contribution in [0.3, 0.4) is 0 Å². The van der Waals surface area contributed by atoms with Crippen molar-refractivity contribution in [3.8, 4) is 6.07 Å². The molecule has 0 saturated carbocycles. The average Bonchev–Trinajstić information content (AvgIpc) is 2.67. The van der Waals surface area contributed by atoms with Gasteiger partial charge < -0.3 is 9.80 Å². The highest BCUT2D eigenvalue weighted by Crippen LogP contribution is 2.24. The van der Waals surface area contributed by atoms with Crippen molar-refractivity contribution in [3.05, 3.63) is 62.3 Å². The summed E-state index contributed by atoms with van der Waals surface area (Å²) in [5, 5.41) is 30.7. The molecule has 1 aromatic heterocycles. The van der Waals surface area contributed by atoms with E-state index in [1.807, 2.05) is 4.90 Å². The molecule has 1 saturated heterocycles. The first kappa shape index (κ1) is 17.1. The third-order valence-electron chi connectivity index (χ3n) is 4.19. The first-order chi connectivity index (χ1) is 12.5. The normalized spacial score (nSPS) is 14.0. The molecule has 0 amide bonds. The van der Waals surface area contributed by atoms with Crippen LogP contribution >= 0.6 is 0 Å². The maximum atomic E-state index is 10.9. The van der Waals surface area contributed by atoms with Gasteiger partial charge in [-0.25, -0.2) is 4.98 Å². The van der Waals surface area contributed by atoms with Crippen LogP contribution in [0.5, 0.6) is 0 Å². The Kier molecular flexibility index (Phi) is 4.62. The topological polar surface area (TPSA) is 129 Å². The van der Waals surface area contributed by atoms with Gasteiger partial charge in [0.05, 0.1) is 9.85 Å². The zero-order chi connectivity index (χ0) is 18.7. The maximum Gasteiger partial charge on any atom is 0.305 e. The number of nitrogens with zero attached hydrogens (tertiary/aromatic N) is 6. The highest BCUT2D eigenvalue weighted by Gasteiger charge is 2.22. The van der Waals surface area contributed by atoms with Crippen LogP contribution < -0.4 is 9.80 Å². The average molecular weight is 354 g/mol. The van der Waals surface area contributed by atoms with Crippen LogP contribution in [0.15, 0.2) is 36.4 Å². The number of aromatic nitrogens is 1. The van der Waals surface area contributed by atoms with Gasteiger partial charge in [-0.15, -0.1) is 0 Å². The number of pyridine rings is 1. The Morgan fingerprint density at radius 1 is 0.923 bits per heavy atom. The second kappa shape index (κ2) is 7.02. The van der Waals surface area contributed by atoms with Gasteiger partial charge in [0.25, 0.3) is 5.69 Å². The molecule has 1 aromatic carbocycles. The summed E-state index contributed by atoms with van der Waals surface area (Å²) in [5.74, 6) is 0.524. The lowest BCUT2D eigenvalue weighted by Crippen LogP contribution is -2.46. The molecule has 2 heterocycles. The van der Waals surface area contributed by atoms with Crippen LogP contribution in [0.1, 0.15) is 5.69 Å².